The second-order valence-corrected chi connectivity index (χ2v) is 4.97. The van der Waals surface area contributed by atoms with Crippen LogP contribution in [0.25, 0.3) is 0 Å². The molecule has 1 fully saturated rings. The van der Waals surface area contributed by atoms with Gasteiger partial charge in [0, 0.05) is 25.6 Å². The summed E-state index contributed by atoms with van der Waals surface area (Å²) in [7, 11) is 1.86. The summed E-state index contributed by atoms with van der Waals surface area (Å²) in [5.74, 6) is 0.0533. The van der Waals surface area contributed by atoms with Crippen LogP contribution in [0.4, 0.5) is 0 Å². The van der Waals surface area contributed by atoms with Gasteiger partial charge in [0.2, 0.25) is 11.8 Å². The lowest BCUT2D eigenvalue weighted by molar-refractivity contribution is -0.136. The fraction of sp³-hybridized carbons (Fsp3) is 0.846. The first-order valence-electron chi connectivity index (χ1n) is 6.85. The summed E-state index contributed by atoms with van der Waals surface area (Å²) in [6.07, 6.45) is 4.83. The number of carbonyl (C=O) groups excluding carboxylic acids is 2. The smallest absolute Gasteiger partial charge is 0.239 e. The molecular formula is C13H25N3O2. The van der Waals surface area contributed by atoms with E-state index in [9.17, 15) is 9.59 Å². The first kappa shape index (κ1) is 15.0. The molecule has 2 N–H and O–H groups in total. The Morgan fingerprint density at radius 2 is 2.06 bits per heavy atom. The Morgan fingerprint density at radius 3 is 2.78 bits per heavy atom. The van der Waals surface area contributed by atoms with Crippen LogP contribution < -0.4 is 10.6 Å². The molecule has 0 aromatic carbocycles. The van der Waals surface area contributed by atoms with Gasteiger partial charge in [-0.2, -0.15) is 0 Å². The number of amides is 2. The summed E-state index contributed by atoms with van der Waals surface area (Å²) in [6.45, 7) is 3.52. The van der Waals surface area contributed by atoms with Crippen LogP contribution in [0.15, 0.2) is 0 Å². The molecule has 5 nitrogen and oxygen atoms in total. The third-order valence-electron chi connectivity index (χ3n) is 3.35. The van der Waals surface area contributed by atoms with Crippen molar-refractivity contribution in [2.75, 3.05) is 26.7 Å². The van der Waals surface area contributed by atoms with Gasteiger partial charge in [0.1, 0.15) is 0 Å². The Balaban J connectivity index is 2.33. The summed E-state index contributed by atoms with van der Waals surface area (Å²) >= 11 is 0. The normalized spacial score (nSPS) is 19.0. The van der Waals surface area contributed by atoms with E-state index >= 15 is 0 Å². The number of carbonyl (C=O) groups is 2. The zero-order valence-electron chi connectivity index (χ0n) is 11.5. The van der Waals surface area contributed by atoms with E-state index in [1.165, 1.54) is 0 Å². The summed E-state index contributed by atoms with van der Waals surface area (Å²) < 4.78 is 0. The molecule has 0 radical (unpaired) electrons. The molecule has 18 heavy (non-hydrogen) atoms. The first-order valence-corrected chi connectivity index (χ1v) is 6.85. The molecule has 0 saturated carbocycles. The zero-order valence-corrected chi connectivity index (χ0v) is 11.5. The average Bonchev–Trinajstić information content (AvgIpc) is 2.35. The topological polar surface area (TPSA) is 61.4 Å². The molecule has 1 aliphatic rings. The minimum Gasteiger partial charge on any atom is -0.353 e. The van der Waals surface area contributed by atoms with Crippen molar-refractivity contribution in [1.82, 2.24) is 15.5 Å². The van der Waals surface area contributed by atoms with Gasteiger partial charge in [-0.15, -0.1) is 0 Å². The highest BCUT2D eigenvalue weighted by molar-refractivity contribution is 5.84. The SMILES string of the molecule is CNC(C)CNC(=O)CN1CCCCCCC1=O. The number of likely N-dealkylation sites (N-methyl/N-ethyl adjacent to an activating group) is 1. The van der Waals surface area contributed by atoms with E-state index in [1.807, 2.05) is 14.0 Å². The van der Waals surface area contributed by atoms with Crippen LogP contribution in [0.1, 0.15) is 39.0 Å². The molecule has 0 spiro atoms. The monoisotopic (exact) mass is 255 g/mol. The average molecular weight is 255 g/mol. The molecule has 1 unspecified atom stereocenters. The summed E-state index contributed by atoms with van der Waals surface area (Å²) in [5, 5.41) is 5.90. The largest absolute Gasteiger partial charge is 0.353 e. The molecule has 0 aromatic heterocycles. The van der Waals surface area contributed by atoms with Gasteiger partial charge in [-0.25, -0.2) is 0 Å². The molecule has 1 saturated heterocycles. The minimum atomic E-state index is -0.0639. The second-order valence-electron chi connectivity index (χ2n) is 4.97. The van der Waals surface area contributed by atoms with Crippen LogP contribution in [0.5, 0.6) is 0 Å². The lowest BCUT2D eigenvalue weighted by Crippen LogP contribution is -2.44. The molecule has 1 heterocycles. The maximum atomic E-state index is 11.8. The third kappa shape index (κ3) is 5.49. The van der Waals surface area contributed by atoms with Crippen molar-refractivity contribution >= 4 is 11.8 Å². The van der Waals surface area contributed by atoms with E-state index in [-0.39, 0.29) is 24.4 Å². The molecule has 0 aliphatic carbocycles. The van der Waals surface area contributed by atoms with Crippen LogP contribution in [-0.2, 0) is 9.59 Å². The Hall–Kier alpha value is -1.10. The van der Waals surface area contributed by atoms with Crippen molar-refractivity contribution in [3.63, 3.8) is 0 Å². The van der Waals surface area contributed by atoms with Crippen LogP contribution in [0.2, 0.25) is 0 Å². The van der Waals surface area contributed by atoms with E-state index in [2.05, 4.69) is 10.6 Å². The molecule has 104 valence electrons. The summed E-state index contributed by atoms with van der Waals surface area (Å²) in [4.78, 5) is 25.3. The van der Waals surface area contributed by atoms with E-state index in [1.54, 1.807) is 4.90 Å². The third-order valence-corrected chi connectivity index (χ3v) is 3.35. The fourth-order valence-corrected chi connectivity index (χ4v) is 1.98. The molecule has 0 bridgehead atoms. The molecule has 1 rings (SSSR count). The number of nitrogens with one attached hydrogen (secondary N) is 2. The maximum Gasteiger partial charge on any atom is 0.239 e. The number of hydrogen-bond acceptors (Lipinski definition) is 3. The van der Waals surface area contributed by atoms with Gasteiger partial charge >= 0.3 is 0 Å². The van der Waals surface area contributed by atoms with Crippen molar-refractivity contribution in [2.24, 2.45) is 0 Å². The van der Waals surface area contributed by atoms with Gasteiger partial charge in [-0.3, -0.25) is 9.59 Å². The Kier molecular flexibility index (Phi) is 6.72. The molecule has 0 aromatic rings. The Bertz CT molecular complexity index is 281. The van der Waals surface area contributed by atoms with E-state index in [4.69, 9.17) is 0 Å². The second kappa shape index (κ2) is 8.08. The van der Waals surface area contributed by atoms with Gasteiger partial charge in [-0.1, -0.05) is 12.8 Å². The quantitative estimate of drug-likeness (QED) is 0.752. The lowest BCUT2D eigenvalue weighted by Gasteiger charge is -2.24. The predicted octanol–water partition coefficient (Wildman–Crippen LogP) is 0.503. The number of nitrogens with zero attached hydrogens (tertiary/aromatic N) is 1. The van der Waals surface area contributed by atoms with Gasteiger partial charge < -0.3 is 15.5 Å². The van der Waals surface area contributed by atoms with E-state index in [0.29, 0.717) is 19.5 Å². The van der Waals surface area contributed by atoms with Crippen molar-refractivity contribution in [3.05, 3.63) is 0 Å². The van der Waals surface area contributed by atoms with Crippen LogP contribution in [-0.4, -0.2) is 49.4 Å². The van der Waals surface area contributed by atoms with Crippen LogP contribution in [0.3, 0.4) is 0 Å². The summed E-state index contributed by atoms with van der Waals surface area (Å²) in [6, 6.07) is 0.247. The highest BCUT2D eigenvalue weighted by Gasteiger charge is 2.18. The maximum absolute atomic E-state index is 11.8. The first-order chi connectivity index (χ1) is 8.63. The van der Waals surface area contributed by atoms with Gasteiger partial charge in [-0.05, 0) is 26.8 Å². The highest BCUT2D eigenvalue weighted by atomic mass is 16.2. The zero-order chi connectivity index (χ0) is 13.4. The van der Waals surface area contributed by atoms with Crippen molar-refractivity contribution < 1.29 is 9.59 Å². The minimum absolute atomic E-state index is 0.0639. The van der Waals surface area contributed by atoms with Gasteiger partial charge in [0.05, 0.1) is 6.54 Å². The molecule has 2 amide bonds. The fourth-order valence-electron chi connectivity index (χ4n) is 1.98. The summed E-state index contributed by atoms with van der Waals surface area (Å²) in [5.41, 5.74) is 0. The predicted molar refractivity (Wildman–Crippen MR) is 71.2 cm³/mol. The lowest BCUT2D eigenvalue weighted by atomic mass is 10.1. The van der Waals surface area contributed by atoms with Crippen LogP contribution >= 0.6 is 0 Å². The molecule has 5 heteroatoms. The number of likely N-dealkylation sites (tertiary alicyclic amines) is 1. The molecule has 1 aliphatic heterocycles. The Labute approximate surface area is 109 Å². The Morgan fingerprint density at radius 1 is 1.33 bits per heavy atom. The van der Waals surface area contributed by atoms with E-state index in [0.717, 1.165) is 25.7 Å². The molecule has 1 atom stereocenters. The van der Waals surface area contributed by atoms with Crippen molar-refractivity contribution in [3.8, 4) is 0 Å². The van der Waals surface area contributed by atoms with Crippen molar-refractivity contribution in [1.29, 1.82) is 0 Å². The standard InChI is InChI=1S/C13H25N3O2/c1-11(14-2)9-15-12(17)10-16-8-6-4-3-5-7-13(16)18/h11,14H,3-10H2,1-2H3,(H,15,17). The van der Waals surface area contributed by atoms with Crippen LogP contribution in [0, 0.1) is 0 Å². The molecular weight excluding hydrogens is 230 g/mol. The van der Waals surface area contributed by atoms with Crippen molar-refractivity contribution in [2.45, 2.75) is 45.1 Å². The number of hydrogen-bond donors (Lipinski definition) is 2. The van der Waals surface area contributed by atoms with Gasteiger partial charge in [0.15, 0.2) is 0 Å². The highest BCUT2D eigenvalue weighted by Crippen LogP contribution is 2.11. The van der Waals surface area contributed by atoms with E-state index < -0.39 is 0 Å². The number of rotatable bonds is 5. The van der Waals surface area contributed by atoms with Gasteiger partial charge in [0.25, 0.3) is 0 Å².